The summed E-state index contributed by atoms with van der Waals surface area (Å²) in [4.78, 5) is 0. The molecule has 0 saturated heterocycles. The summed E-state index contributed by atoms with van der Waals surface area (Å²) in [7, 11) is 0. The van der Waals surface area contributed by atoms with Gasteiger partial charge in [-0.05, 0) is 0 Å². The molecule has 0 atom stereocenters. The van der Waals surface area contributed by atoms with Crippen LogP contribution in [0.3, 0.4) is 0 Å². The number of rotatable bonds is 0. The van der Waals surface area contributed by atoms with Crippen LogP contribution in [0.4, 0.5) is 0 Å². The van der Waals surface area contributed by atoms with Crippen LogP contribution in [0.2, 0.25) is 0 Å². The molecule has 0 unspecified atom stereocenters. The van der Waals surface area contributed by atoms with Crippen LogP contribution in [0, 0.1) is 26.0 Å². The summed E-state index contributed by atoms with van der Waals surface area (Å²) in [6.07, 6.45) is 0. The smallest absolute Gasteiger partial charge is 0 e. The van der Waals surface area contributed by atoms with Gasteiger partial charge in [-0.25, -0.2) is 17.7 Å². The first-order chi connectivity index (χ1) is 5.79. The van der Waals surface area contributed by atoms with Crippen molar-refractivity contribution in [1.29, 1.82) is 0 Å². The topological polar surface area (TPSA) is 0 Å². The largest absolute Gasteiger partial charge is 0.285 e. The first-order valence-corrected chi connectivity index (χ1v) is 4.07. The van der Waals surface area contributed by atoms with Crippen LogP contribution in [-0.4, -0.2) is 0 Å². The molecule has 2 aromatic carbocycles. The summed E-state index contributed by atoms with van der Waals surface area (Å²) in [5.74, 6) is 0. The molecule has 0 bridgehead atoms. The molecule has 0 aliphatic carbocycles. The van der Waals surface area contributed by atoms with Crippen LogP contribution in [-0.2, 0) is 65.4 Å². The van der Waals surface area contributed by atoms with Crippen molar-refractivity contribution >= 4 is 10.8 Å². The molecule has 0 N–H and O–H groups in total. The maximum atomic E-state index is 3.18. The Bertz CT molecular complexity index is 385. The Balaban J connectivity index is 0.000000845. The summed E-state index contributed by atoms with van der Waals surface area (Å²) < 4.78 is 0. The van der Waals surface area contributed by atoms with Gasteiger partial charge >= 0.3 is 0 Å². The summed E-state index contributed by atoms with van der Waals surface area (Å²) in [6.45, 7) is 4.24. The van der Waals surface area contributed by atoms with Gasteiger partial charge in [0.05, 0.1) is 0 Å². The zero-order valence-corrected chi connectivity index (χ0v) is 14.1. The second-order valence-corrected chi connectivity index (χ2v) is 3.07. The molecule has 0 amide bonds. The van der Waals surface area contributed by atoms with Crippen molar-refractivity contribution in [2.75, 3.05) is 0 Å². The van der Waals surface area contributed by atoms with Crippen LogP contribution in [0.5, 0.6) is 0 Å². The number of aryl methyl sites for hydroxylation is 2. The van der Waals surface area contributed by atoms with E-state index < -0.39 is 0 Å². The zero-order valence-electron chi connectivity index (χ0n) is 8.46. The molecule has 66 valence electrons. The third kappa shape index (κ3) is 2.95. The molecular weight excluding hydrogens is 322 g/mol. The Kier molecular flexibility index (Phi) is 6.90. The van der Waals surface area contributed by atoms with E-state index in [-0.39, 0.29) is 65.4 Å². The predicted molar refractivity (Wildman–Crippen MR) is 51.1 cm³/mol. The number of fused-ring (bicyclic) bond motifs is 1. The van der Waals surface area contributed by atoms with Crippen LogP contribution >= 0.6 is 0 Å². The van der Waals surface area contributed by atoms with E-state index in [1.165, 1.54) is 16.5 Å². The fourth-order valence-corrected chi connectivity index (χ4v) is 1.56. The Labute approximate surface area is 136 Å². The van der Waals surface area contributed by atoms with E-state index >= 15 is 0 Å². The van der Waals surface area contributed by atoms with E-state index in [0.717, 1.165) is 5.39 Å². The molecule has 0 saturated carbocycles. The first-order valence-electron chi connectivity index (χ1n) is 4.07. The number of benzene rings is 2. The summed E-state index contributed by atoms with van der Waals surface area (Å²) >= 11 is 0. The number of hydrogen-bond acceptors (Lipinski definition) is 0. The minimum absolute atomic E-state index is 0. The Morgan fingerprint density at radius 2 is 1.29 bits per heavy atom. The molecule has 0 fully saturated rings. The maximum Gasteiger partial charge on any atom is 0 e. The van der Waals surface area contributed by atoms with Gasteiger partial charge in [0.2, 0.25) is 0 Å². The minimum Gasteiger partial charge on any atom is -0.285 e. The predicted octanol–water partition coefficient (Wildman–Crippen LogP) is 3.05. The van der Waals surface area contributed by atoms with Crippen molar-refractivity contribution in [3.8, 4) is 0 Å². The van der Waals surface area contributed by atoms with Gasteiger partial charge in [-0.15, -0.1) is 5.56 Å². The van der Waals surface area contributed by atoms with Crippen LogP contribution in [0.15, 0.2) is 24.3 Å². The van der Waals surface area contributed by atoms with E-state index in [2.05, 4.69) is 38.1 Å². The van der Waals surface area contributed by atoms with Gasteiger partial charge in [-0.3, -0.25) is 17.5 Å². The summed E-state index contributed by atoms with van der Waals surface area (Å²) in [5.41, 5.74) is 2.61. The monoisotopic (exact) mass is 332 g/mol. The zero-order chi connectivity index (χ0) is 8.55. The molecular formula is C12H10Y2-2. The van der Waals surface area contributed by atoms with Crippen molar-refractivity contribution in [1.82, 2.24) is 0 Å². The van der Waals surface area contributed by atoms with Crippen molar-refractivity contribution in [2.45, 2.75) is 13.8 Å². The van der Waals surface area contributed by atoms with Crippen molar-refractivity contribution in [3.63, 3.8) is 0 Å². The summed E-state index contributed by atoms with van der Waals surface area (Å²) in [6, 6.07) is 14.4. The molecule has 0 aliphatic rings. The third-order valence-electron chi connectivity index (χ3n) is 2.16. The quantitative estimate of drug-likeness (QED) is 0.651. The van der Waals surface area contributed by atoms with Gasteiger partial charge in [0.25, 0.3) is 0 Å². The average molecular weight is 332 g/mol. The molecule has 2 aromatic rings. The maximum absolute atomic E-state index is 3.18. The molecule has 0 nitrogen and oxygen atoms in total. The Morgan fingerprint density at radius 1 is 0.857 bits per heavy atom. The van der Waals surface area contributed by atoms with Crippen molar-refractivity contribution in [3.05, 3.63) is 47.5 Å². The van der Waals surface area contributed by atoms with Gasteiger partial charge in [-0.2, -0.15) is 11.5 Å². The van der Waals surface area contributed by atoms with Gasteiger partial charge in [0.15, 0.2) is 0 Å². The van der Waals surface area contributed by atoms with Crippen LogP contribution in [0.25, 0.3) is 10.8 Å². The molecule has 0 aromatic heterocycles. The Hall–Kier alpha value is 0.908. The third-order valence-corrected chi connectivity index (χ3v) is 2.16. The first kappa shape index (κ1) is 14.9. The molecule has 0 heterocycles. The Morgan fingerprint density at radius 3 is 1.64 bits per heavy atom. The van der Waals surface area contributed by atoms with Gasteiger partial charge in [0, 0.05) is 65.4 Å². The van der Waals surface area contributed by atoms with Crippen molar-refractivity contribution in [2.24, 2.45) is 0 Å². The van der Waals surface area contributed by atoms with E-state index in [1.54, 1.807) is 0 Å². The fourth-order valence-electron chi connectivity index (χ4n) is 1.56. The fraction of sp³-hybridized carbons (Fsp3) is 0.167. The SMILES string of the molecule is Cc1cc[c-]c2[c-]ccc(C)c12.[Y].[Y]. The van der Waals surface area contributed by atoms with E-state index in [4.69, 9.17) is 0 Å². The second kappa shape index (κ2) is 6.48. The van der Waals surface area contributed by atoms with Crippen molar-refractivity contribution < 1.29 is 65.4 Å². The molecule has 0 aliphatic heterocycles. The standard InChI is InChI=1S/C12H10.2Y/c1-9-5-3-7-11-8-4-6-10(2)12(9)11;;/h3-6H,1-2H3;;/q-2;;. The van der Waals surface area contributed by atoms with Gasteiger partial charge in [0.1, 0.15) is 0 Å². The van der Waals surface area contributed by atoms with Gasteiger partial charge in [-0.1, -0.05) is 19.9 Å². The molecule has 0 spiro atoms. The molecule has 2 radical (unpaired) electrons. The molecule has 14 heavy (non-hydrogen) atoms. The normalized spacial score (nSPS) is 9.00. The average Bonchev–Trinajstić information content (AvgIpc) is 2.04. The molecule has 2 rings (SSSR count). The van der Waals surface area contributed by atoms with Crippen LogP contribution in [0.1, 0.15) is 11.1 Å². The second-order valence-electron chi connectivity index (χ2n) is 3.07. The minimum atomic E-state index is 0. The number of hydrogen-bond donors (Lipinski definition) is 0. The van der Waals surface area contributed by atoms with E-state index in [9.17, 15) is 0 Å². The van der Waals surface area contributed by atoms with E-state index in [0.29, 0.717) is 0 Å². The van der Waals surface area contributed by atoms with E-state index in [1.807, 2.05) is 12.1 Å². The van der Waals surface area contributed by atoms with Crippen LogP contribution < -0.4 is 0 Å². The van der Waals surface area contributed by atoms with Gasteiger partial charge < -0.3 is 0 Å². The summed E-state index contributed by atoms with van der Waals surface area (Å²) in [5, 5.41) is 2.38. The molecule has 2 heteroatoms.